The van der Waals surface area contributed by atoms with Gasteiger partial charge in [0, 0.05) is 6.54 Å². The number of rotatable bonds is 9. The number of carbonyl (C=O) groups excluding carboxylic acids is 1. The molecular formula is C14H27NO10. The van der Waals surface area contributed by atoms with E-state index in [0.29, 0.717) is 13.0 Å². The second-order valence-corrected chi connectivity index (χ2v) is 5.82. The molecule has 0 aromatic rings. The maximum atomic E-state index is 11.5. The van der Waals surface area contributed by atoms with Crippen LogP contribution in [0.3, 0.4) is 0 Å². The van der Waals surface area contributed by atoms with E-state index in [0.717, 1.165) is 0 Å². The average molecular weight is 369 g/mol. The van der Waals surface area contributed by atoms with Crippen LogP contribution in [0.15, 0.2) is 0 Å². The van der Waals surface area contributed by atoms with Crippen LogP contribution in [-0.4, -0.2) is 110 Å². The van der Waals surface area contributed by atoms with Crippen molar-refractivity contribution in [3.05, 3.63) is 0 Å². The summed E-state index contributed by atoms with van der Waals surface area (Å²) < 4.78 is 10.1. The smallest absolute Gasteiger partial charge is 0.251 e. The molecule has 8 N–H and O–H groups in total. The Morgan fingerprint density at radius 2 is 1.80 bits per heavy atom. The lowest BCUT2D eigenvalue weighted by Crippen LogP contribution is -2.59. The highest BCUT2D eigenvalue weighted by Crippen LogP contribution is 2.22. The third kappa shape index (κ3) is 5.81. The zero-order chi connectivity index (χ0) is 19.1. The molecule has 25 heavy (non-hydrogen) atoms. The Hall–Kier alpha value is -0.890. The van der Waals surface area contributed by atoms with Crippen molar-refractivity contribution in [2.45, 2.75) is 62.4 Å². The van der Waals surface area contributed by atoms with Crippen molar-refractivity contribution in [2.24, 2.45) is 0 Å². The van der Waals surface area contributed by atoms with E-state index in [1.807, 2.05) is 0 Å². The fourth-order valence-electron chi connectivity index (χ4n) is 2.22. The summed E-state index contributed by atoms with van der Waals surface area (Å²) in [7, 11) is 0. The maximum Gasteiger partial charge on any atom is 0.251 e. The molecule has 8 atom stereocenters. The molecule has 1 saturated heterocycles. The van der Waals surface area contributed by atoms with Gasteiger partial charge in [-0.25, -0.2) is 0 Å². The molecule has 0 aromatic carbocycles. The number of hydrogen-bond donors (Lipinski definition) is 8. The Morgan fingerprint density at radius 3 is 2.36 bits per heavy atom. The highest BCUT2D eigenvalue weighted by molar-refractivity contribution is 5.81. The molecule has 0 saturated carbocycles. The van der Waals surface area contributed by atoms with E-state index in [1.54, 1.807) is 6.92 Å². The first-order chi connectivity index (χ1) is 11.7. The molecule has 0 aliphatic carbocycles. The summed E-state index contributed by atoms with van der Waals surface area (Å²) in [5.74, 6) is -0.860. The highest BCUT2D eigenvalue weighted by atomic mass is 16.7. The van der Waals surface area contributed by atoms with Crippen molar-refractivity contribution in [2.75, 3.05) is 19.8 Å². The van der Waals surface area contributed by atoms with E-state index in [-0.39, 0.29) is 0 Å². The van der Waals surface area contributed by atoms with E-state index in [4.69, 9.17) is 14.6 Å². The first-order valence-electron chi connectivity index (χ1n) is 7.98. The molecule has 1 amide bonds. The van der Waals surface area contributed by atoms with Crippen LogP contribution in [-0.2, 0) is 14.3 Å². The average Bonchev–Trinajstić information content (AvgIpc) is 2.62. The van der Waals surface area contributed by atoms with Crippen molar-refractivity contribution < 1.29 is 50.0 Å². The third-order valence-corrected chi connectivity index (χ3v) is 3.82. The summed E-state index contributed by atoms with van der Waals surface area (Å²) in [4.78, 5) is 11.5. The number of nitrogens with one attached hydrogen (secondary N) is 1. The molecular weight excluding hydrogens is 342 g/mol. The van der Waals surface area contributed by atoms with Crippen LogP contribution < -0.4 is 5.32 Å². The maximum absolute atomic E-state index is 11.5. The van der Waals surface area contributed by atoms with E-state index < -0.39 is 68.1 Å². The van der Waals surface area contributed by atoms with Gasteiger partial charge in [-0.1, -0.05) is 6.92 Å². The molecule has 11 nitrogen and oxygen atoms in total. The standard InChI is InChI=1S/C14H27NO10/c1-2-3-15-13(23)11(21)8(18)6(17)5-24-14-12(22)10(20)9(19)7(4-16)25-14/h6-12,14,16-22H,2-5H2,1H3,(H,15,23)/t6-,7-,8-,9-,10+,11+,12-,14?/m1/s1. The van der Waals surface area contributed by atoms with Gasteiger partial charge in [0.05, 0.1) is 13.2 Å². The quantitative estimate of drug-likeness (QED) is 0.196. The molecule has 148 valence electrons. The molecule has 1 fully saturated rings. The lowest BCUT2D eigenvalue weighted by molar-refractivity contribution is -0.306. The predicted molar refractivity (Wildman–Crippen MR) is 81.0 cm³/mol. The zero-order valence-corrected chi connectivity index (χ0v) is 13.8. The minimum atomic E-state index is -1.89. The van der Waals surface area contributed by atoms with Crippen LogP contribution in [0.2, 0.25) is 0 Å². The van der Waals surface area contributed by atoms with Gasteiger partial charge in [-0.15, -0.1) is 0 Å². The fraction of sp³-hybridized carbons (Fsp3) is 0.929. The normalized spacial score (nSPS) is 33.5. The first-order valence-corrected chi connectivity index (χ1v) is 7.98. The lowest BCUT2D eigenvalue weighted by atomic mass is 9.99. The molecule has 11 heteroatoms. The largest absolute Gasteiger partial charge is 0.394 e. The molecule has 0 bridgehead atoms. The Morgan fingerprint density at radius 1 is 1.16 bits per heavy atom. The molecule has 0 radical (unpaired) electrons. The minimum absolute atomic E-state index is 0.292. The van der Waals surface area contributed by atoms with Crippen molar-refractivity contribution in [3.63, 3.8) is 0 Å². The Bertz CT molecular complexity index is 409. The second-order valence-electron chi connectivity index (χ2n) is 5.82. The van der Waals surface area contributed by atoms with Gasteiger partial charge in [-0.05, 0) is 6.42 Å². The Labute approximate surface area is 144 Å². The van der Waals surface area contributed by atoms with Gasteiger partial charge in [0.15, 0.2) is 12.4 Å². The second kappa shape index (κ2) is 10.3. The Balaban J connectivity index is 2.53. The highest BCUT2D eigenvalue weighted by Gasteiger charge is 2.44. The topological polar surface area (TPSA) is 189 Å². The summed E-state index contributed by atoms with van der Waals surface area (Å²) in [5, 5.41) is 69.7. The lowest BCUT2D eigenvalue weighted by Gasteiger charge is -2.40. The minimum Gasteiger partial charge on any atom is -0.394 e. The molecule has 1 rings (SSSR count). The van der Waals surface area contributed by atoms with Gasteiger partial charge < -0.3 is 50.5 Å². The monoisotopic (exact) mass is 369 g/mol. The van der Waals surface area contributed by atoms with E-state index in [9.17, 15) is 35.4 Å². The van der Waals surface area contributed by atoms with Crippen LogP contribution in [0.4, 0.5) is 0 Å². The summed E-state index contributed by atoms with van der Waals surface area (Å²) in [6, 6.07) is 0. The summed E-state index contributed by atoms with van der Waals surface area (Å²) in [6.45, 7) is 0.792. The molecule has 1 aliphatic heterocycles. The van der Waals surface area contributed by atoms with Crippen LogP contribution in [0, 0.1) is 0 Å². The molecule has 0 aromatic heterocycles. The first kappa shape index (κ1) is 22.2. The summed E-state index contributed by atoms with van der Waals surface area (Å²) in [6.07, 6.45) is -12.4. The van der Waals surface area contributed by atoms with Crippen LogP contribution in [0.25, 0.3) is 0 Å². The number of ether oxygens (including phenoxy) is 2. The van der Waals surface area contributed by atoms with Gasteiger partial charge in [0.25, 0.3) is 5.91 Å². The SMILES string of the molecule is CCCNC(=O)[C@@H](O)[C@H](O)[C@H](O)COC1O[C@H](CO)[C@@H](O)[C@H](O)[C@H]1O. The van der Waals surface area contributed by atoms with Crippen molar-refractivity contribution in [1.82, 2.24) is 5.32 Å². The number of aliphatic hydroxyl groups excluding tert-OH is 7. The molecule has 1 unspecified atom stereocenters. The molecule has 0 spiro atoms. The number of aliphatic hydroxyl groups is 7. The van der Waals surface area contributed by atoms with Crippen LogP contribution in [0.5, 0.6) is 0 Å². The van der Waals surface area contributed by atoms with Gasteiger partial charge >= 0.3 is 0 Å². The summed E-state index contributed by atoms with van der Waals surface area (Å²) in [5.41, 5.74) is 0. The van der Waals surface area contributed by atoms with Crippen LogP contribution >= 0.6 is 0 Å². The third-order valence-electron chi connectivity index (χ3n) is 3.82. The van der Waals surface area contributed by atoms with Crippen molar-refractivity contribution in [1.29, 1.82) is 0 Å². The summed E-state index contributed by atoms with van der Waals surface area (Å²) >= 11 is 0. The predicted octanol–water partition coefficient (Wildman–Crippen LogP) is -4.59. The van der Waals surface area contributed by atoms with Crippen molar-refractivity contribution in [3.8, 4) is 0 Å². The van der Waals surface area contributed by atoms with Gasteiger partial charge in [-0.2, -0.15) is 0 Å². The molecule has 1 heterocycles. The van der Waals surface area contributed by atoms with Gasteiger partial charge in [0.1, 0.15) is 36.6 Å². The van der Waals surface area contributed by atoms with E-state index >= 15 is 0 Å². The van der Waals surface area contributed by atoms with Crippen molar-refractivity contribution >= 4 is 5.91 Å². The van der Waals surface area contributed by atoms with Gasteiger partial charge in [-0.3, -0.25) is 4.79 Å². The van der Waals surface area contributed by atoms with Crippen LogP contribution in [0.1, 0.15) is 13.3 Å². The molecule has 1 aliphatic rings. The Kier molecular flexibility index (Phi) is 9.13. The van der Waals surface area contributed by atoms with Gasteiger partial charge in [0.2, 0.25) is 0 Å². The zero-order valence-electron chi connectivity index (χ0n) is 13.8. The number of carbonyl (C=O) groups is 1. The fourth-order valence-corrected chi connectivity index (χ4v) is 2.22. The van der Waals surface area contributed by atoms with E-state index in [2.05, 4.69) is 5.32 Å². The van der Waals surface area contributed by atoms with E-state index in [1.165, 1.54) is 0 Å². The number of amides is 1. The number of hydrogen-bond acceptors (Lipinski definition) is 10.